The predicted molar refractivity (Wildman–Crippen MR) is 73.3 cm³/mol. The number of hydrogen-bond donors (Lipinski definition) is 1. The molecule has 1 aromatic carbocycles. The van der Waals surface area contributed by atoms with Gasteiger partial charge in [-0.3, -0.25) is 0 Å². The molecule has 1 N–H and O–H groups in total. The fourth-order valence-corrected chi connectivity index (χ4v) is 2.39. The van der Waals surface area contributed by atoms with E-state index in [1.807, 2.05) is 0 Å². The molecule has 1 nitrogen and oxygen atoms in total. The number of allylic oxidation sites excluding steroid dienone is 2. The van der Waals surface area contributed by atoms with Gasteiger partial charge in [-0.2, -0.15) is 0 Å². The van der Waals surface area contributed by atoms with Gasteiger partial charge < -0.3 is 5.11 Å². The highest BCUT2D eigenvalue weighted by molar-refractivity contribution is 6.18. The molecular weight excluding hydrogens is 232 g/mol. The Morgan fingerprint density at radius 1 is 1.18 bits per heavy atom. The van der Waals surface area contributed by atoms with E-state index < -0.39 is 6.10 Å². The summed E-state index contributed by atoms with van der Waals surface area (Å²) in [5.41, 5.74) is 3.95. The van der Waals surface area contributed by atoms with Crippen LogP contribution in [0.25, 0.3) is 5.57 Å². The molecular formula is C15H19ClO. The molecule has 1 aliphatic carbocycles. The van der Waals surface area contributed by atoms with Crippen LogP contribution in [0.15, 0.2) is 30.3 Å². The van der Waals surface area contributed by atoms with Gasteiger partial charge in [0.2, 0.25) is 0 Å². The Hall–Kier alpha value is -0.790. The van der Waals surface area contributed by atoms with Gasteiger partial charge in [0.05, 0.1) is 6.10 Å². The quantitative estimate of drug-likeness (QED) is 0.807. The van der Waals surface area contributed by atoms with Crippen molar-refractivity contribution >= 4 is 17.2 Å². The first-order valence-electron chi connectivity index (χ1n) is 6.32. The van der Waals surface area contributed by atoms with Crippen LogP contribution in [0.4, 0.5) is 0 Å². The van der Waals surface area contributed by atoms with E-state index in [1.54, 1.807) is 0 Å². The van der Waals surface area contributed by atoms with Crippen molar-refractivity contribution in [1.82, 2.24) is 0 Å². The van der Waals surface area contributed by atoms with Crippen molar-refractivity contribution in [2.75, 3.05) is 5.88 Å². The molecule has 0 amide bonds. The number of hydrogen-bond acceptors (Lipinski definition) is 1. The van der Waals surface area contributed by atoms with Crippen LogP contribution in [-0.2, 0) is 6.42 Å². The maximum absolute atomic E-state index is 9.49. The highest BCUT2D eigenvalue weighted by atomic mass is 35.5. The molecule has 0 fully saturated rings. The number of aliphatic hydroxyl groups excluding tert-OH is 1. The Morgan fingerprint density at radius 3 is 2.53 bits per heavy atom. The molecule has 1 aliphatic rings. The van der Waals surface area contributed by atoms with Crippen molar-refractivity contribution in [2.45, 2.75) is 38.2 Å². The molecule has 0 spiro atoms. The van der Waals surface area contributed by atoms with Crippen LogP contribution in [0.5, 0.6) is 0 Å². The molecule has 0 heterocycles. The third-order valence-corrected chi connectivity index (χ3v) is 3.62. The summed E-state index contributed by atoms with van der Waals surface area (Å²) in [5, 5.41) is 9.49. The minimum absolute atomic E-state index is 0.299. The second-order valence-electron chi connectivity index (χ2n) is 4.68. The van der Waals surface area contributed by atoms with E-state index in [-0.39, 0.29) is 0 Å². The molecule has 0 radical (unpaired) electrons. The van der Waals surface area contributed by atoms with E-state index in [2.05, 4.69) is 30.3 Å². The second-order valence-corrected chi connectivity index (χ2v) is 4.99. The molecule has 1 atom stereocenters. The molecule has 0 saturated heterocycles. The molecule has 2 rings (SSSR count). The molecule has 0 aliphatic heterocycles. The first kappa shape index (κ1) is 12.7. The molecule has 1 aromatic rings. The van der Waals surface area contributed by atoms with E-state index in [4.69, 9.17) is 11.6 Å². The Morgan fingerprint density at radius 2 is 1.94 bits per heavy atom. The Labute approximate surface area is 108 Å². The molecule has 92 valence electrons. The van der Waals surface area contributed by atoms with Crippen LogP contribution in [-0.4, -0.2) is 17.1 Å². The smallest absolute Gasteiger partial charge is 0.0715 e. The first-order chi connectivity index (χ1) is 8.29. The van der Waals surface area contributed by atoms with Crippen LogP contribution in [0, 0.1) is 0 Å². The van der Waals surface area contributed by atoms with E-state index in [1.165, 1.54) is 36.8 Å². The average Bonchev–Trinajstić information content (AvgIpc) is 2.40. The number of benzene rings is 1. The average molecular weight is 251 g/mol. The van der Waals surface area contributed by atoms with Gasteiger partial charge in [-0.1, -0.05) is 30.3 Å². The van der Waals surface area contributed by atoms with Gasteiger partial charge in [0.15, 0.2) is 0 Å². The van der Waals surface area contributed by atoms with Gasteiger partial charge in [-0.05, 0) is 48.8 Å². The Kier molecular flexibility index (Phi) is 4.64. The third-order valence-electron chi connectivity index (χ3n) is 3.27. The fraction of sp³-hybridized carbons (Fsp3) is 0.467. The summed E-state index contributed by atoms with van der Waals surface area (Å²) in [4.78, 5) is 0. The second kappa shape index (κ2) is 6.23. The highest BCUT2D eigenvalue weighted by Gasteiger charge is 2.07. The number of rotatable bonds is 4. The lowest BCUT2D eigenvalue weighted by Gasteiger charge is -2.13. The highest BCUT2D eigenvalue weighted by Crippen LogP contribution is 2.26. The molecule has 0 aromatic heterocycles. The Balaban J connectivity index is 2.04. The van der Waals surface area contributed by atoms with Crippen molar-refractivity contribution in [2.24, 2.45) is 0 Å². The summed E-state index contributed by atoms with van der Waals surface area (Å²) in [6.07, 6.45) is 7.60. The summed E-state index contributed by atoms with van der Waals surface area (Å²) in [7, 11) is 0. The number of alkyl halides is 1. The van der Waals surface area contributed by atoms with Gasteiger partial charge in [0.25, 0.3) is 0 Å². The summed E-state index contributed by atoms with van der Waals surface area (Å²) < 4.78 is 0. The summed E-state index contributed by atoms with van der Waals surface area (Å²) >= 11 is 5.60. The van der Waals surface area contributed by atoms with Gasteiger partial charge >= 0.3 is 0 Å². The van der Waals surface area contributed by atoms with E-state index in [9.17, 15) is 5.11 Å². The van der Waals surface area contributed by atoms with Crippen molar-refractivity contribution < 1.29 is 5.11 Å². The van der Waals surface area contributed by atoms with Crippen molar-refractivity contribution in [3.8, 4) is 0 Å². The van der Waals surface area contributed by atoms with Crippen LogP contribution < -0.4 is 0 Å². The van der Waals surface area contributed by atoms with Gasteiger partial charge in [-0.25, -0.2) is 0 Å². The first-order valence-corrected chi connectivity index (χ1v) is 6.85. The maximum atomic E-state index is 9.49. The van der Waals surface area contributed by atoms with Gasteiger partial charge in [0.1, 0.15) is 0 Å². The van der Waals surface area contributed by atoms with Gasteiger partial charge in [0, 0.05) is 5.88 Å². The topological polar surface area (TPSA) is 20.2 Å². The summed E-state index contributed by atoms with van der Waals surface area (Å²) in [6.45, 7) is 0. The Bertz CT molecular complexity index is 380. The molecule has 0 unspecified atom stereocenters. The lowest BCUT2D eigenvalue weighted by molar-refractivity contribution is 0.199. The molecule has 2 heteroatoms. The van der Waals surface area contributed by atoms with Crippen LogP contribution >= 0.6 is 11.6 Å². The standard InChI is InChI=1S/C15H19ClO/c16-11-15(17)10-12-6-8-14(9-7-12)13-4-2-1-3-5-13/h4,6-9,15,17H,1-3,5,10-11H2/t15-/m1/s1. The maximum Gasteiger partial charge on any atom is 0.0715 e. The largest absolute Gasteiger partial charge is 0.392 e. The molecule has 17 heavy (non-hydrogen) atoms. The monoisotopic (exact) mass is 250 g/mol. The van der Waals surface area contributed by atoms with E-state index >= 15 is 0 Å². The van der Waals surface area contributed by atoms with Crippen molar-refractivity contribution in [1.29, 1.82) is 0 Å². The van der Waals surface area contributed by atoms with E-state index in [0.717, 1.165) is 5.56 Å². The molecule has 0 bridgehead atoms. The zero-order chi connectivity index (χ0) is 12.1. The van der Waals surface area contributed by atoms with Gasteiger partial charge in [-0.15, -0.1) is 11.6 Å². The third kappa shape index (κ3) is 3.58. The molecule has 0 saturated carbocycles. The SMILES string of the molecule is O[C@@H](CCl)Cc1ccc(C2=CCCCC2)cc1. The summed E-state index contributed by atoms with van der Waals surface area (Å²) in [5.74, 6) is 0.299. The zero-order valence-electron chi connectivity index (χ0n) is 10.0. The van der Waals surface area contributed by atoms with Crippen molar-refractivity contribution in [3.05, 3.63) is 41.5 Å². The van der Waals surface area contributed by atoms with E-state index in [0.29, 0.717) is 12.3 Å². The minimum Gasteiger partial charge on any atom is -0.392 e. The predicted octanol–water partition coefficient (Wildman–Crippen LogP) is 3.79. The van der Waals surface area contributed by atoms with Crippen LogP contribution in [0.1, 0.15) is 36.8 Å². The zero-order valence-corrected chi connectivity index (χ0v) is 10.8. The normalized spacial score (nSPS) is 17.6. The minimum atomic E-state index is -0.434. The van der Waals surface area contributed by atoms with Crippen LogP contribution in [0.2, 0.25) is 0 Å². The lowest BCUT2D eigenvalue weighted by Crippen LogP contribution is -2.11. The summed E-state index contributed by atoms with van der Waals surface area (Å²) in [6, 6.07) is 8.52. The lowest BCUT2D eigenvalue weighted by atomic mass is 9.93. The van der Waals surface area contributed by atoms with Crippen LogP contribution in [0.3, 0.4) is 0 Å². The number of halogens is 1. The van der Waals surface area contributed by atoms with Crippen molar-refractivity contribution in [3.63, 3.8) is 0 Å². The fourth-order valence-electron chi connectivity index (χ4n) is 2.28. The number of aliphatic hydroxyl groups is 1.